The highest BCUT2D eigenvalue weighted by molar-refractivity contribution is 5.86. The summed E-state index contributed by atoms with van der Waals surface area (Å²) in [4.78, 5) is 0. The number of aryl methyl sites for hydroxylation is 1. The summed E-state index contributed by atoms with van der Waals surface area (Å²) in [7, 11) is 0. The third-order valence-corrected chi connectivity index (χ3v) is 2.81. The fourth-order valence-corrected chi connectivity index (χ4v) is 2.09. The van der Waals surface area contributed by atoms with Crippen LogP contribution in [0, 0.1) is 12.8 Å². The van der Waals surface area contributed by atoms with Gasteiger partial charge in [0.05, 0.1) is 0 Å². The Hall–Kier alpha value is -1.30. The number of hydrogen-bond acceptors (Lipinski definition) is 0. The molecule has 0 nitrogen and oxygen atoms in total. The Kier molecular flexibility index (Phi) is 2.77. The Morgan fingerprint density at radius 1 is 1.07 bits per heavy atom. The zero-order chi connectivity index (χ0) is 10.8. The normalized spacial score (nSPS) is 11.2. The van der Waals surface area contributed by atoms with Crippen LogP contribution < -0.4 is 0 Å². The number of rotatable bonds is 2. The molecule has 0 unspecified atom stereocenters. The first-order valence-electron chi connectivity index (χ1n) is 5.65. The van der Waals surface area contributed by atoms with Crippen LogP contribution in [0.25, 0.3) is 10.8 Å². The molecule has 0 aliphatic rings. The molecular weight excluding hydrogens is 180 g/mol. The van der Waals surface area contributed by atoms with Gasteiger partial charge in [-0.25, -0.2) is 0 Å². The summed E-state index contributed by atoms with van der Waals surface area (Å²) in [6.07, 6.45) is 1.17. The SMILES string of the molecule is Cc1cccc2cc(CC(C)C)ccc12. The molecule has 0 saturated carbocycles. The lowest BCUT2D eigenvalue weighted by molar-refractivity contribution is 0.648. The number of fused-ring (bicyclic) bond motifs is 1. The topological polar surface area (TPSA) is 0 Å². The zero-order valence-electron chi connectivity index (χ0n) is 9.75. The first-order chi connectivity index (χ1) is 7.16. The Morgan fingerprint density at radius 3 is 2.60 bits per heavy atom. The van der Waals surface area contributed by atoms with Crippen molar-refractivity contribution in [3.63, 3.8) is 0 Å². The first-order valence-corrected chi connectivity index (χ1v) is 5.65. The van der Waals surface area contributed by atoms with Crippen molar-refractivity contribution in [3.05, 3.63) is 47.5 Å². The predicted molar refractivity (Wildman–Crippen MR) is 67.2 cm³/mol. The lowest BCUT2D eigenvalue weighted by atomic mass is 9.98. The molecule has 2 rings (SSSR count). The summed E-state index contributed by atoms with van der Waals surface area (Å²) in [6, 6.07) is 13.3. The molecule has 0 atom stereocenters. The molecular formula is C15H18. The van der Waals surface area contributed by atoms with E-state index >= 15 is 0 Å². The van der Waals surface area contributed by atoms with Gasteiger partial charge in [0.25, 0.3) is 0 Å². The maximum Gasteiger partial charge on any atom is -0.0155 e. The summed E-state index contributed by atoms with van der Waals surface area (Å²) < 4.78 is 0. The quantitative estimate of drug-likeness (QED) is 0.673. The summed E-state index contributed by atoms with van der Waals surface area (Å²) in [5.74, 6) is 0.729. The Bertz CT molecular complexity index is 466. The maximum absolute atomic E-state index is 2.32. The minimum Gasteiger partial charge on any atom is -0.0625 e. The molecule has 2 aromatic rings. The van der Waals surface area contributed by atoms with E-state index in [2.05, 4.69) is 57.2 Å². The minimum absolute atomic E-state index is 0.729. The van der Waals surface area contributed by atoms with Gasteiger partial charge in [0, 0.05) is 0 Å². The molecule has 0 fully saturated rings. The van der Waals surface area contributed by atoms with Gasteiger partial charge in [0.1, 0.15) is 0 Å². The maximum atomic E-state index is 2.32. The molecule has 0 radical (unpaired) electrons. The average Bonchev–Trinajstić information content (AvgIpc) is 2.17. The Morgan fingerprint density at radius 2 is 1.87 bits per heavy atom. The van der Waals surface area contributed by atoms with Crippen molar-refractivity contribution in [2.24, 2.45) is 5.92 Å². The monoisotopic (exact) mass is 198 g/mol. The fraction of sp³-hybridized carbons (Fsp3) is 0.333. The van der Waals surface area contributed by atoms with Crippen LogP contribution in [0.3, 0.4) is 0 Å². The van der Waals surface area contributed by atoms with Crippen molar-refractivity contribution in [1.82, 2.24) is 0 Å². The van der Waals surface area contributed by atoms with Crippen molar-refractivity contribution in [3.8, 4) is 0 Å². The molecule has 0 amide bonds. The van der Waals surface area contributed by atoms with E-state index in [1.165, 1.54) is 28.3 Å². The van der Waals surface area contributed by atoms with Gasteiger partial charge in [0.15, 0.2) is 0 Å². The zero-order valence-corrected chi connectivity index (χ0v) is 9.75. The molecule has 0 heteroatoms. The third-order valence-electron chi connectivity index (χ3n) is 2.81. The van der Waals surface area contributed by atoms with Crippen molar-refractivity contribution >= 4 is 10.8 Å². The predicted octanol–water partition coefficient (Wildman–Crippen LogP) is 4.35. The fourth-order valence-electron chi connectivity index (χ4n) is 2.09. The molecule has 0 saturated heterocycles. The molecule has 2 aromatic carbocycles. The average molecular weight is 198 g/mol. The van der Waals surface area contributed by atoms with Crippen LogP contribution in [0.2, 0.25) is 0 Å². The smallest absolute Gasteiger partial charge is 0.0155 e. The van der Waals surface area contributed by atoms with Gasteiger partial charge in [-0.1, -0.05) is 50.2 Å². The molecule has 0 bridgehead atoms. The summed E-state index contributed by atoms with van der Waals surface area (Å²) >= 11 is 0. The van der Waals surface area contributed by atoms with Gasteiger partial charge in [-0.15, -0.1) is 0 Å². The van der Waals surface area contributed by atoms with E-state index in [-0.39, 0.29) is 0 Å². The second-order valence-corrected chi connectivity index (χ2v) is 4.73. The minimum atomic E-state index is 0.729. The molecule has 0 aliphatic heterocycles. The second kappa shape index (κ2) is 4.06. The molecule has 78 valence electrons. The third kappa shape index (κ3) is 2.20. The van der Waals surface area contributed by atoms with Crippen molar-refractivity contribution in [2.75, 3.05) is 0 Å². The van der Waals surface area contributed by atoms with Crippen LogP contribution in [0.5, 0.6) is 0 Å². The first kappa shape index (κ1) is 10.2. The van der Waals surface area contributed by atoms with E-state index in [9.17, 15) is 0 Å². The van der Waals surface area contributed by atoms with Gasteiger partial charge in [-0.3, -0.25) is 0 Å². The molecule has 0 heterocycles. The van der Waals surface area contributed by atoms with E-state index in [0.717, 1.165) is 5.92 Å². The van der Waals surface area contributed by atoms with Crippen LogP contribution in [0.4, 0.5) is 0 Å². The van der Waals surface area contributed by atoms with Crippen LogP contribution in [0.1, 0.15) is 25.0 Å². The largest absolute Gasteiger partial charge is 0.0625 e. The van der Waals surface area contributed by atoms with Gasteiger partial charge in [-0.05, 0) is 41.2 Å². The molecule has 0 spiro atoms. The van der Waals surface area contributed by atoms with E-state index < -0.39 is 0 Å². The molecule has 0 N–H and O–H groups in total. The molecule has 15 heavy (non-hydrogen) atoms. The van der Waals surface area contributed by atoms with E-state index in [1.54, 1.807) is 0 Å². The van der Waals surface area contributed by atoms with Crippen LogP contribution in [-0.2, 0) is 6.42 Å². The highest BCUT2D eigenvalue weighted by atomic mass is 14.1. The Labute approximate surface area is 91.9 Å². The highest BCUT2D eigenvalue weighted by Crippen LogP contribution is 2.20. The van der Waals surface area contributed by atoms with Gasteiger partial charge in [0.2, 0.25) is 0 Å². The van der Waals surface area contributed by atoms with Crippen molar-refractivity contribution < 1.29 is 0 Å². The van der Waals surface area contributed by atoms with Crippen LogP contribution >= 0.6 is 0 Å². The van der Waals surface area contributed by atoms with Gasteiger partial charge in [-0.2, -0.15) is 0 Å². The highest BCUT2D eigenvalue weighted by Gasteiger charge is 2.00. The number of hydrogen-bond donors (Lipinski definition) is 0. The van der Waals surface area contributed by atoms with Crippen LogP contribution in [-0.4, -0.2) is 0 Å². The van der Waals surface area contributed by atoms with E-state index in [4.69, 9.17) is 0 Å². The van der Waals surface area contributed by atoms with E-state index in [0.29, 0.717) is 0 Å². The second-order valence-electron chi connectivity index (χ2n) is 4.73. The number of benzene rings is 2. The molecule has 0 aliphatic carbocycles. The van der Waals surface area contributed by atoms with Crippen molar-refractivity contribution in [1.29, 1.82) is 0 Å². The lowest BCUT2D eigenvalue weighted by Gasteiger charge is -2.07. The molecule has 0 aromatic heterocycles. The summed E-state index contributed by atoms with van der Waals surface area (Å²) in [5, 5.41) is 2.75. The van der Waals surface area contributed by atoms with Crippen molar-refractivity contribution in [2.45, 2.75) is 27.2 Å². The lowest BCUT2D eigenvalue weighted by Crippen LogP contribution is -1.93. The van der Waals surface area contributed by atoms with Gasteiger partial charge < -0.3 is 0 Å². The standard InChI is InChI=1S/C15H18/c1-11(2)9-13-7-8-15-12(3)5-4-6-14(15)10-13/h4-8,10-11H,9H2,1-3H3. The Balaban J connectivity index is 2.48. The summed E-state index contributed by atoms with van der Waals surface area (Å²) in [5.41, 5.74) is 2.81. The van der Waals surface area contributed by atoms with Gasteiger partial charge >= 0.3 is 0 Å². The summed E-state index contributed by atoms with van der Waals surface area (Å²) in [6.45, 7) is 6.70. The van der Waals surface area contributed by atoms with Crippen LogP contribution in [0.15, 0.2) is 36.4 Å². The van der Waals surface area contributed by atoms with E-state index in [1.807, 2.05) is 0 Å².